The molecule has 0 bridgehead atoms. The van der Waals surface area contributed by atoms with Crippen LogP contribution in [0.2, 0.25) is 0 Å². The van der Waals surface area contributed by atoms with Crippen molar-refractivity contribution < 1.29 is 9.59 Å². The van der Waals surface area contributed by atoms with Gasteiger partial charge in [0.2, 0.25) is 0 Å². The quantitative estimate of drug-likeness (QED) is 0.576. The molecule has 0 spiro atoms. The van der Waals surface area contributed by atoms with Gasteiger partial charge in [-0.15, -0.1) is 0 Å². The van der Waals surface area contributed by atoms with Crippen LogP contribution in [0.25, 0.3) is 0 Å². The molecule has 0 radical (unpaired) electrons. The van der Waals surface area contributed by atoms with Crippen molar-refractivity contribution >= 4 is 11.8 Å². The maximum absolute atomic E-state index is 11.8. The first-order chi connectivity index (χ1) is 6.77. The van der Waals surface area contributed by atoms with E-state index >= 15 is 0 Å². The van der Waals surface area contributed by atoms with E-state index in [-0.39, 0.29) is 11.8 Å². The molecule has 14 heavy (non-hydrogen) atoms. The second-order valence-corrected chi connectivity index (χ2v) is 4.04. The zero-order valence-corrected chi connectivity index (χ0v) is 8.37. The summed E-state index contributed by atoms with van der Waals surface area (Å²) >= 11 is 0. The summed E-state index contributed by atoms with van der Waals surface area (Å²) in [6, 6.07) is 0.0653. The van der Waals surface area contributed by atoms with Crippen molar-refractivity contribution in [2.24, 2.45) is 0 Å². The Morgan fingerprint density at radius 2 is 1.64 bits per heavy atom. The van der Waals surface area contributed by atoms with Gasteiger partial charge in [-0.1, -0.05) is 0 Å². The molecule has 0 unspecified atom stereocenters. The molecule has 0 saturated carbocycles. The Hall–Kier alpha value is -1.06. The normalized spacial score (nSPS) is 23.0. The van der Waals surface area contributed by atoms with E-state index in [0.717, 1.165) is 38.9 Å². The van der Waals surface area contributed by atoms with E-state index < -0.39 is 0 Å². The van der Waals surface area contributed by atoms with Crippen LogP contribution in [-0.4, -0.2) is 47.8 Å². The van der Waals surface area contributed by atoms with Crippen LogP contribution in [0.15, 0.2) is 0 Å². The standard InChI is InChI=1S/C10H16N2O2/c13-9-4-3-7-12(8-9)10(14)11-5-1-2-6-11/h1-8H2. The van der Waals surface area contributed by atoms with E-state index in [4.69, 9.17) is 0 Å². The molecule has 4 nitrogen and oxygen atoms in total. The Bertz CT molecular complexity index is 247. The topological polar surface area (TPSA) is 40.6 Å². The minimum atomic E-state index is 0.0653. The number of rotatable bonds is 0. The van der Waals surface area contributed by atoms with Gasteiger partial charge in [0.1, 0.15) is 0 Å². The summed E-state index contributed by atoms with van der Waals surface area (Å²) in [5.74, 6) is 0.198. The highest BCUT2D eigenvalue weighted by atomic mass is 16.2. The molecule has 2 amide bonds. The molecule has 2 heterocycles. The lowest BCUT2D eigenvalue weighted by Gasteiger charge is -2.30. The van der Waals surface area contributed by atoms with Crippen molar-refractivity contribution in [1.29, 1.82) is 0 Å². The van der Waals surface area contributed by atoms with Gasteiger partial charge in [0, 0.05) is 26.1 Å². The molecule has 2 rings (SSSR count). The lowest BCUT2D eigenvalue weighted by atomic mass is 10.1. The van der Waals surface area contributed by atoms with E-state index in [1.165, 1.54) is 0 Å². The van der Waals surface area contributed by atoms with Gasteiger partial charge in [-0.05, 0) is 19.3 Å². The number of ketones is 1. The third-order valence-electron chi connectivity index (χ3n) is 2.90. The third-order valence-corrected chi connectivity index (χ3v) is 2.90. The van der Waals surface area contributed by atoms with Gasteiger partial charge >= 0.3 is 6.03 Å². The van der Waals surface area contributed by atoms with E-state index in [0.29, 0.717) is 13.0 Å². The van der Waals surface area contributed by atoms with Crippen LogP contribution in [0.3, 0.4) is 0 Å². The fraction of sp³-hybridized carbons (Fsp3) is 0.800. The number of likely N-dealkylation sites (tertiary alicyclic amines) is 2. The molecule has 0 aromatic rings. The number of amides is 2. The number of nitrogens with zero attached hydrogens (tertiary/aromatic N) is 2. The first kappa shape index (κ1) is 9.49. The fourth-order valence-corrected chi connectivity index (χ4v) is 2.11. The SMILES string of the molecule is O=C1CCCN(C(=O)N2CCCC2)C1. The van der Waals surface area contributed by atoms with E-state index in [2.05, 4.69) is 0 Å². The molecular formula is C10H16N2O2. The zero-order valence-electron chi connectivity index (χ0n) is 8.37. The molecular weight excluding hydrogens is 180 g/mol. The number of carbonyl (C=O) groups is 2. The summed E-state index contributed by atoms with van der Waals surface area (Å²) in [7, 11) is 0. The van der Waals surface area contributed by atoms with Crippen LogP contribution in [-0.2, 0) is 4.79 Å². The van der Waals surface area contributed by atoms with Crippen molar-refractivity contribution in [3.63, 3.8) is 0 Å². The van der Waals surface area contributed by atoms with Gasteiger partial charge in [-0.2, -0.15) is 0 Å². The van der Waals surface area contributed by atoms with Gasteiger partial charge < -0.3 is 9.80 Å². The minimum Gasteiger partial charge on any atom is -0.325 e. The third kappa shape index (κ3) is 1.89. The summed E-state index contributed by atoms with van der Waals surface area (Å²) in [5, 5.41) is 0. The zero-order chi connectivity index (χ0) is 9.97. The molecule has 0 aliphatic carbocycles. The summed E-state index contributed by atoms with van der Waals surface area (Å²) < 4.78 is 0. The van der Waals surface area contributed by atoms with Gasteiger partial charge in [-0.3, -0.25) is 4.79 Å². The molecule has 2 aliphatic heterocycles. The molecule has 78 valence electrons. The van der Waals surface area contributed by atoms with E-state index in [1.54, 1.807) is 4.90 Å². The summed E-state index contributed by atoms with van der Waals surface area (Å²) in [4.78, 5) is 26.6. The Morgan fingerprint density at radius 3 is 2.29 bits per heavy atom. The van der Waals surface area contributed by atoms with Gasteiger partial charge in [0.25, 0.3) is 0 Å². The van der Waals surface area contributed by atoms with Crippen LogP contribution >= 0.6 is 0 Å². The van der Waals surface area contributed by atoms with Crippen molar-refractivity contribution in [3.05, 3.63) is 0 Å². The highest BCUT2D eigenvalue weighted by Gasteiger charge is 2.27. The van der Waals surface area contributed by atoms with Gasteiger partial charge in [0.15, 0.2) is 5.78 Å². The highest BCUT2D eigenvalue weighted by molar-refractivity contribution is 5.86. The van der Waals surface area contributed by atoms with Crippen molar-refractivity contribution in [2.45, 2.75) is 25.7 Å². The van der Waals surface area contributed by atoms with Crippen LogP contribution < -0.4 is 0 Å². The minimum absolute atomic E-state index is 0.0653. The molecule has 2 fully saturated rings. The summed E-state index contributed by atoms with van der Waals surface area (Å²) in [5.41, 5.74) is 0. The predicted octanol–water partition coefficient (Wildman–Crippen LogP) is 0.867. The Morgan fingerprint density at radius 1 is 1.00 bits per heavy atom. The van der Waals surface area contributed by atoms with Gasteiger partial charge in [0.05, 0.1) is 6.54 Å². The lowest BCUT2D eigenvalue weighted by molar-refractivity contribution is -0.121. The largest absolute Gasteiger partial charge is 0.325 e. The van der Waals surface area contributed by atoms with Crippen LogP contribution in [0, 0.1) is 0 Å². The monoisotopic (exact) mass is 196 g/mol. The predicted molar refractivity (Wildman–Crippen MR) is 52.0 cm³/mol. The Balaban J connectivity index is 1.92. The van der Waals surface area contributed by atoms with E-state index in [1.807, 2.05) is 4.90 Å². The fourth-order valence-electron chi connectivity index (χ4n) is 2.11. The van der Waals surface area contributed by atoms with Crippen LogP contribution in [0.5, 0.6) is 0 Å². The number of urea groups is 1. The number of hydrogen-bond donors (Lipinski definition) is 0. The van der Waals surface area contributed by atoms with Crippen molar-refractivity contribution in [3.8, 4) is 0 Å². The Labute approximate surface area is 83.9 Å². The number of piperidine rings is 1. The van der Waals surface area contributed by atoms with Crippen LogP contribution in [0.1, 0.15) is 25.7 Å². The van der Waals surface area contributed by atoms with Crippen molar-refractivity contribution in [2.75, 3.05) is 26.2 Å². The smallest absolute Gasteiger partial charge is 0.320 e. The molecule has 0 aromatic carbocycles. The van der Waals surface area contributed by atoms with E-state index in [9.17, 15) is 9.59 Å². The lowest BCUT2D eigenvalue weighted by Crippen LogP contribution is -2.46. The average molecular weight is 196 g/mol. The molecule has 0 aromatic heterocycles. The average Bonchev–Trinajstić information content (AvgIpc) is 2.69. The van der Waals surface area contributed by atoms with Gasteiger partial charge in [-0.25, -0.2) is 4.79 Å². The second kappa shape index (κ2) is 3.98. The number of Topliss-reactive ketones (excluding diaryl/α,β-unsaturated/α-hetero) is 1. The number of carbonyl (C=O) groups excluding carboxylic acids is 2. The highest BCUT2D eigenvalue weighted by Crippen LogP contribution is 2.13. The maximum atomic E-state index is 11.8. The first-order valence-corrected chi connectivity index (χ1v) is 5.33. The molecule has 0 atom stereocenters. The molecule has 2 saturated heterocycles. The Kier molecular flexibility index (Phi) is 2.70. The summed E-state index contributed by atoms with van der Waals surface area (Å²) in [6.07, 6.45) is 3.68. The maximum Gasteiger partial charge on any atom is 0.320 e. The van der Waals surface area contributed by atoms with Crippen LogP contribution in [0.4, 0.5) is 4.79 Å². The van der Waals surface area contributed by atoms with Crippen molar-refractivity contribution in [1.82, 2.24) is 9.80 Å². The number of hydrogen-bond acceptors (Lipinski definition) is 2. The second-order valence-electron chi connectivity index (χ2n) is 4.04. The summed E-state index contributed by atoms with van der Waals surface area (Å²) in [6.45, 7) is 2.81. The molecule has 2 aliphatic rings. The first-order valence-electron chi connectivity index (χ1n) is 5.33. The molecule has 4 heteroatoms. The molecule has 0 N–H and O–H groups in total.